The van der Waals surface area contributed by atoms with Crippen molar-refractivity contribution in [2.24, 2.45) is 5.41 Å². The summed E-state index contributed by atoms with van der Waals surface area (Å²) >= 11 is 0. The third-order valence-electron chi connectivity index (χ3n) is 9.24. The maximum absolute atomic E-state index is 13.7. The number of nitrogens with zero attached hydrogens (tertiary/aromatic N) is 10. The highest BCUT2D eigenvalue weighted by atomic mass is 16.2. The first-order chi connectivity index (χ1) is 25.1. The van der Waals surface area contributed by atoms with Gasteiger partial charge in [0.15, 0.2) is 11.3 Å². The minimum absolute atomic E-state index is 0.155. The van der Waals surface area contributed by atoms with E-state index in [-0.39, 0.29) is 17.2 Å². The van der Waals surface area contributed by atoms with E-state index in [1.807, 2.05) is 79.5 Å². The van der Waals surface area contributed by atoms with E-state index in [2.05, 4.69) is 55.0 Å². The second-order valence-electron chi connectivity index (χ2n) is 14.3. The fourth-order valence-corrected chi connectivity index (χ4v) is 6.39. The van der Waals surface area contributed by atoms with Gasteiger partial charge in [-0.3, -0.25) is 19.3 Å². The number of pyridine rings is 2. The fraction of sp³-hybridized carbons (Fsp3) is 0.289. The molecule has 1 saturated carbocycles. The molecule has 0 saturated heterocycles. The molecule has 0 unspecified atom stereocenters. The zero-order chi connectivity index (χ0) is 36.0. The molecule has 0 spiro atoms. The Balaban J connectivity index is 0.913. The molecule has 1 aromatic carbocycles. The van der Waals surface area contributed by atoms with Crippen molar-refractivity contribution in [2.45, 2.75) is 59.5 Å². The van der Waals surface area contributed by atoms with Gasteiger partial charge in [0.25, 0.3) is 11.8 Å². The Bertz CT molecular complexity index is 2440. The minimum Gasteiger partial charge on any atom is -0.351 e. The minimum atomic E-state index is -0.339. The van der Waals surface area contributed by atoms with Gasteiger partial charge in [-0.05, 0) is 62.6 Å². The molecule has 0 radical (unpaired) electrons. The molecule has 2 amide bonds. The van der Waals surface area contributed by atoms with Crippen LogP contribution in [0.3, 0.4) is 0 Å². The lowest BCUT2D eigenvalue weighted by Crippen LogP contribution is -2.36. The number of anilines is 1. The maximum Gasteiger partial charge on any atom is 0.261 e. The quantitative estimate of drug-likeness (QED) is 0.181. The van der Waals surface area contributed by atoms with Gasteiger partial charge in [0, 0.05) is 65.1 Å². The van der Waals surface area contributed by atoms with Gasteiger partial charge in [-0.1, -0.05) is 37.3 Å². The van der Waals surface area contributed by atoms with Crippen molar-refractivity contribution in [3.05, 3.63) is 113 Å². The molecule has 6 heterocycles. The van der Waals surface area contributed by atoms with Crippen molar-refractivity contribution in [1.29, 1.82) is 0 Å². The highest BCUT2D eigenvalue weighted by Crippen LogP contribution is 2.40. The van der Waals surface area contributed by atoms with Gasteiger partial charge in [0.1, 0.15) is 11.3 Å². The van der Waals surface area contributed by atoms with Gasteiger partial charge < -0.3 is 10.6 Å². The molecule has 52 heavy (non-hydrogen) atoms. The number of amides is 2. The molecule has 262 valence electrons. The van der Waals surface area contributed by atoms with Crippen LogP contribution in [0.2, 0.25) is 0 Å². The Hall–Kier alpha value is -6.31. The molecule has 7 aromatic rings. The molecule has 14 heteroatoms. The van der Waals surface area contributed by atoms with Crippen LogP contribution < -0.4 is 10.6 Å². The number of carbonyl (C=O) groups excluding carboxylic acids is 2. The number of fused-ring (bicyclic) bond motifs is 2. The third-order valence-corrected chi connectivity index (χ3v) is 9.24. The lowest BCUT2D eigenvalue weighted by atomic mass is 9.93. The predicted molar refractivity (Wildman–Crippen MR) is 195 cm³/mol. The molecule has 8 rings (SSSR count). The third kappa shape index (κ3) is 6.74. The summed E-state index contributed by atoms with van der Waals surface area (Å²) in [5, 5.41) is 24.5. The van der Waals surface area contributed by atoms with Gasteiger partial charge >= 0.3 is 0 Å². The standard InChI is InChI=1S/C38H38N12O2/c1-23-14-24(2)50-35(43-23)31(18-42-50)37(52)44-28-11-9-27(10-12-28)33-20-48(47-46-33)22-38(3,4)21-40-36(51)29-15-32(26-7-8-26)45-34-30(29)17-41-49(34)19-25-6-5-13-39-16-25/h5-6,9-18,20,26H,7-8,19,21-22H2,1-4H3,(H,40,51)(H,44,52). The van der Waals surface area contributed by atoms with Crippen LogP contribution in [-0.4, -0.2) is 67.7 Å². The number of nitrogens with one attached hydrogen (secondary N) is 2. The van der Waals surface area contributed by atoms with E-state index in [1.54, 1.807) is 21.6 Å². The predicted octanol–water partition coefficient (Wildman–Crippen LogP) is 5.38. The number of benzene rings is 1. The van der Waals surface area contributed by atoms with Gasteiger partial charge in [-0.15, -0.1) is 5.10 Å². The Morgan fingerprint density at radius 2 is 1.75 bits per heavy atom. The van der Waals surface area contributed by atoms with E-state index in [0.717, 1.165) is 46.4 Å². The smallest absolute Gasteiger partial charge is 0.261 e. The van der Waals surface area contributed by atoms with E-state index in [0.29, 0.717) is 59.4 Å². The Kier molecular flexibility index (Phi) is 8.28. The van der Waals surface area contributed by atoms with Crippen LogP contribution in [0.5, 0.6) is 0 Å². The lowest BCUT2D eigenvalue weighted by Gasteiger charge is -2.24. The summed E-state index contributed by atoms with van der Waals surface area (Å²) in [5.41, 5.74) is 7.75. The number of aromatic nitrogens is 10. The Labute approximate surface area is 299 Å². The Morgan fingerprint density at radius 3 is 2.52 bits per heavy atom. The summed E-state index contributed by atoms with van der Waals surface area (Å²) < 4.78 is 5.29. The van der Waals surface area contributed by atoms with Crippen LogP contribution in [0.4, 0.5) is 5.69 Å². The van der Waals surface area contributed by atoms with E-state index >= 15 is 0 Å². The topological polar surface area (TPSA) is 163 Å². The van der Waals surface area contributed by atoms with Gasteiger partial charge in [-0.2, -0.15) is 10.2 Å². The van der Waals surface area contributed by atoms with Gasteiger partial charge in [0.05, 0.1) is 36.1 Å². The molecule has 1 aliphatic rings. The highest BCUT2D eigenvalue weighted by molar-refractivity contribution is 6.08. The molecular weight excluding hydrogens is 656 g/mol. The SMILES string of the molecule is Cc1cc(C)n2ncc(C(=O)Nc3ccc(-c4cn(CC(C)(C)CNC(=O)c5cc(C6CC6)nc6c5cnn6Cc5cccnc5)nn4)cc3)c2n1. The first-order valence-corrected chi connectivity index (χ1v) is 17.3. The van der Waals surface area contributed by atoms with Crippen molar-refractivity contribution >= 4 is 34.2 Å². The highest BCUT2D eigenvalue weighted by Gasteiger charge is 2.29. The summed E-state index contributed by atoms with van der Waals surface area (Å²) in [4.78, 5) is 40.4. The monoisotopic (exact) mass is 694 g/mol. The number of rotatable bonds is 11. The summed E-state index contributed by atoms with van der Waals surface area (Å²) in [6, 6.07) is 15.2. The molecule has 2 N–H and O–H groups in total. The van der Waals surface area contributed by atoms with Crippen LogP contribution in [0.15, 0.2) is 79.5 Å². The molecule has 6 aromatic heterocycles. The molecule has 1 aliphatic carbocycles. The molecule has 0 aliphatic heterocycles. The largest absolute Gasteiger partial charge is 0.351 e. The molecular formula is C38H38N12O2. The number of hydrogen-bond acceptors (Lipinski definition) is 9. The lowest BCUT2D eigenvalue weighted by molar-refractivity contribution is 0.0932. The number of hydrogen-bond donors (Lipinski definition) is 2. The van der Waals surface area contributed by atoms with Crippen LogP contribution >= 0.6 is 0 Å². The molecule has 0 atom stereocenters. The van der Waals surface area contributed by atoms with Crippen LogP contribution in [0.1, 0.15) is 76.0 Å². The summed E-state index contributed by atoms with van der Waals surface area (Å²) in [6.07, 6.45) is 10.9. The van der Waals surface area contributed by atoms with Crippen molar-refractivity contribution in [3.63, 3.8) is 0 Å². The van der Waals surface area contributed by atoms with E-state index in [4.69, 9.17) is 4.98 Å². The molecule has 1 fully saturated rings. The van der Waals surface area contributed by atoms with Gasteiger partial charge in [-0.25, -0.2) is 19.2 Å². The van der Waals surface area contributed by atoms with E-state index in [1.165, 1.54) is 6.20 Å². The average molecular weight is 695 g/mol. The first kappa shape index (κ1) is 32.9. The fourth-order valence-electron chi connectivity index (χ4n) is 6.39. The van der Waals surface area contributed by atoms with Gasteiger partial charge in [0.2, 0.25) is 0 Å². The van der Waals surface area contributed by atoms with Crippen molar-refractivity contribution in [2.75, 3.05) is 11.9 Å². The maximum atomic E-state index is 13.7. The molecule has 14 nitrogen and oxygen atoms in total. The normalized spacial score (nSPS) is 13.2. The second-order valence-corrected chi connectivity index (χ2v) is 14.3. The zero-order valence-electron chi connectivity index (χ0n) is 29.4. The number of aryl methyl sites for hydroxylation is 2. The van der Waals surface area contributed by atoms with Crippen LogP contribution in [-0.2, 0) is 13.1 Å². The Morgan fingerprint density at radius 1 is 0.923 bits per heavy atom. The second kappa shape index (κ2) is 13.1. The first-order valence-electron chi connectivity index (χ1n) is 17.3. The summed E-state index contributed by atoms with van der Waals surface area (Å²) in [7, 11) is 0. The van der Waals surface area contributed by atoms with Crippen LogP contribution in [0, 0.1) is 19.3 Å². The summed E-state index contributed by atoms with van der Waals surface area (Å²) in [6.45, 7) is 9.46. The average Bonchev–Trinajstić information content (AvgIpc) is 3.52. The summed E-state index contributed by atoms with van der Waals surface area (Å²) in [5.74, 6) is -0.0638. The van der Waals surface area contributed by atoms with Crippen LogP contribution in [0.25, 0.3) is 27.9 Å². The van der Waals surface area contributed by atoms with E-state index < -0.39 is 0 Å². The van der Waals surface area contributed by atoms with Crippen molar-refractivity contribution in [1.82, 2.24) is 54.7 Å². The number of carbonyl (C=O) groups is 2. The zero-order valence-corrected chi connectivity index (χ0v) is 29.4. The molecule has 0 bridgehead atoms. The van der Waals surface area contributed by atoms with Crippen molar-refractivity contribution in [3.8, 4) is 11.3 Å². The van der Waals surface area contributed by atoms with E-state index in [9.17, 15) is 9.59 Å². The van der Waals surface area contributed by atoms with Crippen molar-refractivity contribution < 1.29 is 9.59 Å².